The van der Waals surface area contributed by atoms with E-state index in [-0.39, 0.29) is 40.6 Å². The second-order valence-electron chi connectivity index (χ2n) is 9.89. The second kappa shape index (κ2) is 12.0. The highest BCUT2D eigenvalue weighted by atomic mass is 16.7. The van der Waals surface area contributed by atoms with Gasteiger partial charge >= 0.3 is 0 Å². The lowest BCUT2D eigenvalue weighted by atomic mass is 9.99. The standard InChI is InChI=1S/C27H30O15/c1-37-16-3-2-10(4-12(16)28)17-7-14(30)20-13(29)5-11(6-18(20)41-17)40-27-25(36)23(34)22(33)19(42-27)9-39-26-24(35)21(32)15(31)8-38-26/h2-7,15,19,21-29,31-36H,8-9H2,1H3/t15-,19-,21-,22-,23-,24-,25-,26+,27-/m1/s1. The Morgan fingerprint density at radius 1 is 0.857 bits per heavy atom. The molecule has 228 valence electrons. The van der Waals surface area contributed by atoms with E-state index in [1.165, 1.54) is 25.3 Å². The van der Waals surface area contributed by atoms with Crippen LogP contribution >= 0.6 is 0 Å². The molecule has 15 heteroatoms. The Kier molecular flexibility index (Phi) is 8.56. The zero-order valence-corrected chi connectivity index (χ0v) is 22.0. The van der Waals surface area contributed by atoms with Gasteiger partial charge in [-0.3, -0.25) is 4.79 Å². The van der Waals surface area contributed by atoms with Gasteiger partial charge in [0.25, 0.3) is 0 Å². The first-order chi connectivity index (χ1) is 20.0. The van der Waals surface area contributed by atoms with Crippen LogP contribution in [-0.4, -0.2) is 116 Å². The lowest BCUT2D eigenvalue weighted by molar-refractivity contribution is -0.307. The minimum atomic E-state index is -1.77. The van der Waals surface area contributed by atoms with Crippen LogP contribution < -0.4 is 14.9 Å². The number of aromatic hydroxyl groups is 2. The molecule has 0 aliphatic carbocycles. The van der Waals surface area contributed by atoms with Crippen molar-refractivity contribution in [1.82, 2.24) is 0 Å². The van der Waals surface area contributed by atoms with Crippen molar-refractivity contribution >= 4 is 11.0 Å². The number of ether oxygens (including phenoxy) is 5. The van der Waals surface area contributed by atoms with Gasteiger partial charge in [-0.1, -0.05) is 0 Å². The van der Waals surface area contributed by atoms with Gasteiger partial charge in [-0.15, -0.1) is 0 Å². The summed E-state index contributed by atoms with van der Waals surface area (Å²) < 4.78 is 32.6. The highest BCUT2D eigenvalue weighted by molar-refractivity contribution is 5.86. The smallest absolute Gasteiger partial charge is 0.229 e. The number of fused-ring (bicyclic) bond motifs is 1. The molecule has 15 nitrogen and oxygen atoms in total. The van der Waals surface area contributed by atoms with Crippen LogP contribution in [0.5, 0.6) is 23.0 Å². The molecule has 2 fully saturated rings. The maximum atomic E-state index is 12.8. The molecule has 0 radical (unpaired) electrons. The molecule has 1 aromatic heterocycles. The summed E-state index contributed by atoms with van der Waals surface area (Å²) in [7, 11) is 1.38. The van der Waals surface area contributed by atoms with E-state index in [0.29, 0.717) is 5.56 Å². The lowest BCUT2D eigenvalue weighted by Crippen LogP contribution is -2.61. The highest BCUT2D eigenvalue weighted by Gasteiger charge is 2.46. The van der Waals surface area contributed by atoms with Gasteiger partial charge in [-0.25, -0.2) is 0 Å². The molecule has 0 bridgehead atoms. The zero-order valence-electron chi connectivity index (χ0n) is 22.0. The molecule has 2 aromatic carbocycles. The molecule has 3 heterocycles. The summed E-state index contributed by atoms with van der Waals surface area (Å²) in [5, 5.41) is 81.3. The molecule has 0 amide bonds. The number of hydrogen-bond acceptors (Lipinski definition) is 15. The van der Waals surface area contributed by atoms with Crippen molar-refractivity contribution in [2.24, 2.45) is 0 Å². The van der Waals surface area contributed by atoms with Crippen molar-refractivity contribution in [1.29, 1.82) is 0 Å². The third kappa shape index (κ3) is 5.74. The van der Waals surface area contributed by atoms with Crippen molar-refractivity contribution in [2.45, 2.75) is 55.3 Å². The number of methoxy groups -OCH3 is 1. The van der Waals surface area contributed by atoms with Crippen molar-refractivity contribution in [3.63, 3.8) is 0 Å². The maximum absolute atomic E-state index is 12.8. The molecule has 42 heavy (non-hydrogen) atoms. The van der Waals surface area contributed by atoms with E-state index in [1.54, 1.807) is 6.07 Å². The Morgan fingerprint density at radius 2 is 1.60 bits per heavy atom. The molecule has 3 aromatic rings. The zero-order chi connectivity index (χ0) is 30.3. The van der Waals surface area contributed by atoms with Gasteiger partial charge in [0.1, 0.15) is 71.0 Å². The van der Waals surface area contributed by atoms with Crippen molar-refractivity contribution in [3.05, 3.63) is 46.6 Å². The first-order valence-electron chi connectivity index (χ1n) is 12.8. The van der Waals surface area contributed by atoms with Crippen LogP contribution in [0, 0.1) is 0 Å². The first-order valence-corrected chi connectivity index (χ1v) is 12.8. The SMILES string of the molecule is COc1ccc(-c2cc(=O)c3c(O)cc(O[C@@H]4O[C@H](CO[C@@H]5OC[C@@H](O)[C@@H](O)[C@H]5O)[C@@H](O)[C@@H](O)[C@H]4O)cc3o2)cc1O. The molecule has 9 atom stereocenters. The molecule has 0 spiro atoms. The van der Waals surface area contributed by atoms with Gasteiger partial charge in [0.15, 0.2) is 23.2 Å². The lowest BCUT2D eigenvalue weighted by Gasteiger charge is -2.41. The minimum Gasteiger partial charge on any atom is -0.507 e. The van der Waals surface area contributed by atoms with Crippen molar-refractivity contribution < 1.29 is 69.0 Å². The summed E-state index contributed by atoms with van der Waals surface area (Å²) in [6.07, 6.45) is -14.0. The summed E-state index contributed by atoms with van der Waals surface area (Å²) in [5.74, 6) is -0.602. The molecule has 5 rings (SSSR count). The van der Waals surface area contributed by atoms with Crippen molar-refractivity contribution in [3.8, 4) is 34.3 Å². The number of hydrogen-bond donors (Lipinski definition) is 8. The number of aliphatic hydroxyl groups is 6. The minimum absolute atomic E-state index is 0.0523. The Labute approximate surface area is 236 Å². The third-order valence-corrected chi connectivity index (χ3v) is 7.05. The summed E-state index contributed by atoms with van der Waals surface area (Å²) in [6, 6.07) is 7.78. The number of benzene rings is 2. The summed E-state index contributed by atoms with van der Waals surface area (Å²) in [6.45, 7) is -0.821. The molecule has 0 saturated carbocycles. The molecular formula is C27H30O15. The summed E-state index contributed by atoms with van der Waals surface area (Å²) in [5.41, 5.74) is -0.379. The third-order valence-electron chi connectivity index (χ3n) is 7.05. The molecule has 0 unspecified atom stereocenters. The number of phenols is 2. The molecule has 2 saturated heterocycles. The Morgan fingerprint density at radius 3 is 2.31 bits per heavy atom. The van der Waals surface area contributed by atoms with Gasteiger partial charge in [0.05, 0.1) is 20.3 Å². The number of phenolic OH excluding ortho intramolecular Hbond substituents is 2. The predicted molar refractivity (Wildman–Crippen MR) is 139 cm³/mol. The van der Waals surface area contributed by atoms with Gasteiger partial charge in [0.2, 0.25) is 6.29 Å². The van der Waals surface area contributed by atoms with E-state index in [9.17, 15) is 45.6 Å². The molecule has 8 N–H and O–H groups in total. The van der Waals surface area contributed by atoms with E-state index in [4.69, 9.17) is 28.1 Å². The van der Waals surface area contributed by atoms with Crippen LogP contribution in [0.4, 0.5) is 0 Å². The van der Waals surface area contributed by atoms with E-state index < -0.39 is 73.1 Å². The molecular weight excluding hydrogens is 564 g/mol. The van der Waals surface area contributed by atoms with Crippen LogP contribution in [0.1, 0.15) is 0 Å². The van der Waals surface area contributed by atoms with Crippen molar-refractivity contribution in [2.75, 3.05) is 20.3 Å². The van der Waals surface area contributed by atoms with E-state index >= 15 is 0 Å². The fraction of sp³-hybridized carbons (Fsp3) is 0.444. The Balaban J connectivity index is 1.36. The topological polar surface area (TPSA) is 238 Å². The van der Waals surface area contributed by atoms with Crippen LogP contribution in [0.3, 0.4) is 0 Å². The highest BCUT2D eigenvalue weighted by Crippen LogP contribution is 2.35. The predicted octanol–water partition coefficient (Wildman–Crippen LogP) is -1.48. The van der Waals surface area contributed by atoms with Gasteiger partial charge in [-0.2, -0.15) is 0 Å². The van der Waals surface area contributed by atoms with E-state index in [1.807, 2.05) is 0 Å². The summed E-state index contributed by atoms with van der Waals surface area (Å²) >= 11 is 0. The molecule has 2 aliphatic heterocycles. The fourth-order valence-corrected chi connectivity index (χ4v) is 4.70. The van der Waals surface area contributed by atoms with E-state index in [0.717, 1.165) is 12.1 Å². The normalized spacial score (nSPS) is 31.6. The Hall–Kier alpha value is -3.51. The van der Waals surface area contributed by atoms with Crippen LogP contribution in [0.2, 0.25) is 0 Å². The largest absolute Gasteiger partial charge is 0.507 e. The average molecular weight is 595 g/mol. The second-order valence-corrected chi connectivity index (χ2v) is 9.89. The van der Waals surface area contributed by atoms with Crippen LogP contribution in [0.25, 0.3) is 22.3 Å². The summed E-state index contributed by atoms with van der Waals surface area (Å²) in [4.78, 5) is 12.8. The fourth-order valence-electron chi connectivity index (χ4n) is 4.70. The first kappa shape index (κ1) is 30.0. The Bertz CT molecular complexity index is 1470. The number of aliphatic hydroxyl groups excluding tert-OH is 6. The molecule has 2 aliphatic rings. The van der Waals surface area contributed by atoms with Gasteiger partial charge < -0.3 is 69.0 Å². The van der Waals surface area contributed by atoms with Crippen LogP contribution in [-0.2, 0) is 14.2 Å². The maximum Gasteiger partial charge on any atom is 0.229 e. The van der Waals surface area contributed by atoms with Gasteiger partial charge in [-0.05, 0) is 18.2 Å². The number of rotatable bonds is 7. The van der Waals surface area contributed by atoms with E-state index in [2.05, 4.69) is 0 Å². The van der Waals surface area contributed by atoms with Gasteiger partial charge in [0, 0.05) is 23.8 Å². The quantitative estimate of drug-likeness (QED) is 0.156. The van der Waals surface area contributed by atoms with Crippen LogP contribution in [0.15, 0.2) is 45.6 Å². The average Bonchev–Trinajstić information content (AvgIpc) is 2.96. The monoisotopic (exact) mass is 594 g/mol.